The Bertz CT molecular complexity index is 1990. The lowest BCUT2D eigenvalue weighted by atomic mass is 9.57. The van der Waals surface area contributed by atoms with Gasteiger partial charge in [0.2, 0.25) is 23.6 Å². The molecular formula is C42H44N4O7. The van der Waals surface area contributed by atoms with Gasteiger partial charge in [-0.1, -0.05) is 23.8 Å². The highest BCUT2D eigenvalue weighted by Crippen LogP contribution is 2.59. The number of morpholine rings is 2. The number of aryl methyl sites for hydroxylation is 2. The van der Waals surface area contributed by atoms with E-state index in [9.17, 15) is 24.3 Å². The minimum atomic E-state index is -0.681. The predicted octanol–water partition coefficient (Wildman–Crippen LogP) is 4.73. The maximum absolute atomic E-state index is 14.6. The second kappa shape index (κ2) is 13.1. The molecule has 4 saturated heterocycles. The molecule has 4 amide bonds. The lowest BCUT2D eigenvalue weighted by Gasteiger charge is -2.44. The number of carbonyl (C=O) groups is 4. The van der Waals surface area contributed by atoms with E-state index in [1.54, 1.807) is 0 Å². The summed E-state index contributed by atoms with van der Waals surface area (Å²) in [6.45, 7) is 9.39. The molecule has 3 aromatic carbocycles. The number of hydrogen-bond donors (Lipinski definition) is 1. The van der Waals surface area contributed by atoms with Gasteiger partial charge in [0.25, 0.3) is 0 Å². The summed E-state index contributed by atoms with van der Waals surface area (Å²) in [7, 11) is 0. The fourth-order valence-corrected chi connectivity index (χ4v) is 9.91. The van der Waals surface area contributed by atoms with Crippen molar-refractivity contribution in [2.45, 2.75) is 32.6 Å². The first-order valence-electron chi connectivity index (χ1n) is 18.8. The highest BCUT2D eigenvalue weighted by atomic mass is 16.5. The largest absolute Gasteiger partial charge is 0.507 e. The van der Waals surface area contributed by atoms with Gasteiger partial charge in [-0.3, -0.25) is 29.0 Å². The molecular weight excluding hydrogens is 672 g/mol. The maximum Gasteiger partial charge on any atom is 0.238 e. The van der Waals surface area contributed by atoms with Crippen LogP contribution in [0.15, 0.2) is 72.3 Å². The number of hydrogen-bond acceptors (Lipinski definition) is 9. The van der Waals surface area contributed by atoms with Gasteiger partial charge < -0.3 is 24.4 Å². The summed E-state index contributed by atoms with van der Waals surface area (Å²) in [5.74, 6) is -4.25. The summed E-state index contributed by atoms with van der Waals surface area (Å²) in [4.78, 5) is 64.9. The Morgan fingerprint density at radius 2 is 1.04 bits per heavy atom. The van der Waals surface area contributed by atoms with Gasteiger partial charge in [-0.2, -0.15) is 0 Å². The van der Waals surface area contributed by atoms with E-state index in [2.05, 4.69) is 15.9 Å². The lowest BCUT2D eigenvalue weighted by molar-refractivity contribution is -0.126. The van der Waals surface area contributed by atoms with Gasteiger partial charge in [0.05, 0.1) is 61.5 Å². The van der Waals surface area contributed by atoms with Gasteiger partial charge in [0, 0.05) is 43.5 Å². The minimum absolute atomic E-state index is 0.193. The van der Waals surface area contributed by atoms with E-state index < -0.39 is 35.5 Å². The molecule has 1 saturated carbocycles. The number of amides is 4. The summed E-state index contributed by atoms with van der Waals surface area (Å²) in [6, 6.07) is 19.0. The molecule has 11 heteroatoms. The van der Waals surface area contributed by atoms with Crippen LogP contribution in [0.4, 0.5) is 22.7 Å². The number of phenols is 1. The molecule has 9 rings (SSSR count). The zero-order chi connectivity index (χ0) is 36.5. The van der Waals surface area contributed by atoms with Gasteiger partial charge in [0.15, 0.2) is 0 Å². The molecule has 0 bridgehead atoms. The molecule has 3 aromatic rings. The Morgan fingerprint density at radius 1 is 0.585 bits per heavy atom. The third kappa shape index (κ3) is 5.46. The van der Waals surface area contributed by atoms with Crippen molar-refractivity contribution in [3.63, 3.8) is 0 Å². The molecule has 53 heavy (non-hydrogen) atoms. The fourth-order valence-electron chi connectivity index (χ4n) is 9.91. The highest BCUT2D eigenvalue weighted by Gasteiger charge is 2.62. The topological polar surface area (TPSA) is 120 Å². The zero-order valence-electron chi connectivity index (χ0n) is 30.1. The second-order valence-corrected chi connectivity index (χ2v) is 15.3. The number of phenolic OH excluding ortho intramolecular Hbond substituents is 1. The van der Waals surface area contributed by atoms with Gasteiger partial charge in [-0.15, -0.1) is 0 Å². The quantitative estimate of drug-likeness (QED) is 0.296. The van der Waals surface area contributed by atoms with Crippen LogP contribution in [0.5, 0.6) is 5.75 Å². The number of fused-ring (bicyclic) bond motifs is 4. The van der Waals surface area contributed by atoms with E-state index in [0.29, 0.717) is 61.8 Å². The maximum atomic E-state index is 14.6. The molecule has 2 aliphatic carbocycles. The molecule has 6 aliphatic rings. The summed E-state index contributed by atoms with van der Waals surface area (Å²) in [5.41, 5.74) is 6.22. The number of benzene rings is 3. The molecule has 11 nitrogen and oxygen atoms in total. The van der Waals surface area contributed by atoms with Crippen molar-refractivity contribution in [1.29, 1.82) is 0 Å². The number of aromatic hydroxyl groups is 1. The Morgan fingerprint density at radius 3 is 1.55 bits per heavy atom. The van der Waals surface area contributed by atoms with E-state index in [1.165, 1.54) is 9.80 Å². The van der Waals surface area contributed by atoms with Gasteiger partial charge >= 0.3 is 0 Å². The molecule has 4 aliphatic heterocycles. The van der Waals surface area contributed by atoms with Gasteiger partial charge in [-0.05, 0) is 97.8 Å². The minimum Gasteiger partial charge on any atom is -0.507 e. The van der Waals surface area contributed by atoms with Crippen molar-refractivity contribution in [2.75, 3.05) is 72.2 Å². The first-order valence-corrected chi connectivity index (χ1v) is 18.8. The Balaban J connectivity index is 1.06. The van der Waals surface area contributed by atoms with Crippen LogP contribution in [-0.4, -0.2) is 81.3 Å². The van der Waals surface area contributed by atoms with Crippen molar-refractivity contribution in [3.05, 3.63) is 89.0 Å². The van der Waals surface area contributed by atoms with Crippen molar-refractivity contribution in [1.82, 2.24) is 0 Å². The van der Waals surface area contributed by atoms with Crippen LogP contribution in [0.2, 0.25) is 0 Å². The Labute approximate surface area is 308 Å². The van der Waals surface area contributed by atoms with E-state index >= 15 is 0 Å². The van der Waals surface area contributed by atoms with Crippen LogP contribution in [-0.2, 0) is 28.7 Å². The van der Waals surface area contributed by atoms with Crippen LogP contribution in [0.1, 0.15) is 35.4 Å². The van der Waals surface area contributed by atoms with E-state index in [-0.39, 0.29) is 29.4 Å². The molecule has 0 spiro atoms. The fraction of sp³-hybridized carbons (Fsp3) is 0.429. The molecule has 4 heterocycles. The number of imide groups is 2. The average Bonchev–Trinajstić information content (AvgIpc) is 3.60. The predicted molar refractivity (Wildman–Crippen MR) is 199 cm³/mol. The van der Waals surface area contributed by atoms with Crippen molar-refractivity contribution in [2.24, 2.45) is 29.6 Å². The van der Waals surface area contributed by atoms with E-state index in [1.807, 2.05) is 74.5 Å². The molecule has 0 aromatic heterocycles. The molecule has 6 atom stereocenters. The first-order chi connectivity index (χ1) is 25.7. The third-order valence-corrected chi connectivity index (χ3v) is 12.5. The number of nitrogens with zero attached hydrogens (tertiary/aromatic N) is 4. The van der Waals surface area contributed by atoms with Crippen LogP contribution in [0, 0.1) is 43.4 Å². The van der Waals surface area contributed by atoms with Crippen LogP contribution >= 0.6 is 0 Å². The van der Waals surface area contributed by atoms with E-state index in [0.717, 1.165) is 48.7 Å². The lowest BCUT2D eigenvalue weighted by Crippen LogP contribution is -2.43. The normalized spacial score (nSPS) is 28.6. The Hall–Kier alpha value is -5.00. The summed E-state index contributed by atoms with van der Waals surface area (Å²) in [6.07, 6.45) is 2.75. The molecule has 5 fully saturated rings. The molecule has 1 N–H and O–H groups in total. The SMILES string of the molecule is Cc1cc([C@H]2C3=CC[C@@H]4C(=O)N(c5ccc(N6CCOCC6)cc5)C(=O)[C@@H]4[C@@H]3C[C@H]3C(=O)N(c4ccc(N5CCOCC5)cc4)C(=O)[C@@H]23)cc(C)c1O. The van der Waals surface area contributed by atoms with Crippen LogP contribution < -0.4 is 19.6 Å². The molecule has 0 unspecified atom stereocenters. The monoisotopic (exact) mass is 716 g/mol. The molecule has 274 valence electrons. The smallest absolute Gasteiger partial charge is 0.238 e. The summed E-state index contributed by atoms with van der Waals surface area (Å²) >= 11 is 0. The highest BCUT2D eigenvalue weighted by molar-refractivity contribution is 6.24. The van der Waals surface area contributed by atoms with E-state index in [4.69, 9.17) is 9.47 Å². The van der Waals surface area contributed by atoms with Gasteiger partial charge in [0.1, 0.15) is 5.75 Å². The Kier molecular flexibility index (Phi) is 8.38. The standard InChI is InChI=1S/C42H44N4O7/c1-24-21-26(22-25(2)38(24)47)35-31-11-12-32-36(41(50)45(39(32)48)29-7-3-27(4-8-29)43-13-17-52-18-14-43)33(31)23-34-37(35)42(51)46(40(34)49)30-9-5-28(6-10-30)44-15-19-53-20-16-44/h3-11,21-22,32-37,47H,12-20,23H2,1-2H3/t32-,33+,34+,35-,36-,37+/m0/s1. The van der Waals surface area contributed by atoms with Crippen LogP contribution in [0.3, 0.4) is 0 Å². The number of allylic oxidation sites excluding steroid dienone is 2. The summed E-state index contributed by atoms with van der Waals surface area (Å²) < 4.78 is 11.0. The first kappa shape index (κ1) is 33.8. The number of ether oxygens (including phenoxy) is 2. The molecule has 0 radical (unpaired) electrons. The number of rotatable bonds is 5. The van der Waals surface area contributed by atoms with Gasteiger partial charge in [-0.25, -0.2) is 0 Å². The summed E-state index contributed by atoms with van der Waals surface area (Å²) in [5, 5.41) is 10.7. The average molecular weight is 717 g/mol. The number of carbonyl (C=O) groups excluding carboxylic acids is 4. The third-order valence-electron chi connectivity index (χ3n) is 12.5. The second-order valence-electron chi connectivity index (χ2n) is 15.3. The number of anilines is 4. The van der Waals surface area contributed by atoms with Crippen molar-refractivity contribution in [3.8, 4) is 5.75 Å². The van der Waals surface area contributed by atoms with Crippen molar-refractivity contribution < 1.29 is 33.8 Å². The van der Waals surface area contributed by atoms with Crippen LogP contribution in [0.25, 0.3) is 0 Å². The van der Waals surface area contributed by atoms with Crippen molar-refractivity contribution >= 4 is 46.4 Å². The zero-order valence-corrected chi connectivity index (χ0v) is 30.1.